The molecule has 1 aromatic heterocycles. The first-order valence-electron chi connectivity index (χ1n) is 9.82. The molecule has 3 heterocycles. The molecule has 2 aromatic carbocycles. The number of hydrogen-bond acceptors (Lipinski definition) is 7. The highest BCUT2D eigenvalue weighted by Gasteiger charge is 2.20. The lowest BCUT2D eigenvalue weighted by Gasteiger charge is -2.36. The molecule has 1 N–H and O–H groups in total. The standard InChI is InChI=1S/C22H23N5O2/c1-16-13-21(24-17-7-8-19-20(14-17)29-15-28-19)25-22(23-16)27-11-9-26(10-12-27)18-5-3-2-4-6-18/h2-8,13-14H,9-12,15H2,1H3,(H,23,24,25). The van der Waals surface area contributed by atoms with Crippen LogP contribution in [0.1, 0.15) is 5.69 Å². The Hall–Kier alpha value is -3.48. The molecule has 0 spiro atoms. The third-order valence-electron chi connectivity index (χ3n) is 5.17. The number of para-hydroxylation sites is 1. The summed E-state index contributed by atoms with van der Waals surface area (Å²) in [4.78, 5) is 14.1. The number of aryl methyl sites for hydroxylation is 1. The molecule has 148 valence electrons. The van der Waals surface area contributed by atoms with Crippen molar-refractivity contribution < 1.29 is 9.47 Å². The van der Waals surface area contributed by atoms with Crippen molar-refractivity contribution in [1.82, 2.24) is 9.97 Å². The van der Waals surface area contributed by atoms with Gasteiger partial charge in [0.1, 0.15) is 5.82 Å². The van der Waals surface area contributed by atoms with E-state index in [2.05, 4.69) is 50.4 Å². The summed E-state index contributed by atoms with van der Waals surface area (Å²) in [6.45, 7) is 5.95. The summed E-state index contributed by atoms with van der Waals surface area (Å²) >= 11 is 0. The fraction of sp³-hybridized carbons (Fsp3) is 0.273. The summed E-state index contributed by atoms with van der Waals surface area (Å²) in [5, 5.41) is 3.36. The SMILES string of the molecule is Cc1cc(Nc2ccc3c(c2)OCO3)nc(N2CCN(c3ccccc3)CC2)n1. The van der Waals surface area contributed by atoms with Crippen molar-refractivity contribution in [3.8, 4) is 11.5 Å². The molecule has 2 aliphatic heterocycles. The lowest BCUT2D eigenvalue weighted by Crippen LogP contribution is -2.47. The van der Waals surface area contributed by atoms with Gasteiger partial charge in [0.05, 0.1) is 0 Å². The molecule has 0 unspecified atom stereocenters. The zero-order valence-corrected chi connectivity index (χ0v) is 16.3. The molecule has 2 aliphatic rings. The van der Waals surface area contributed by atoms with Gasteiger partial charge in [-0.05, 0) is 31.2 Å². The number of nitrogens with one attached hydrogen (secondary N) is 1. The number of aromatic nitrogens is 2. The smallest absolute Gasteiger partial charge is 0.231 e. The molecule has 1 saturated heterocycles. The van der Waals surface area contributed by atoms with Gasteiger partial charge in [0.25, 0.3) is 0 Å². The van der Waals surface area contributed by atoms with Crippen LogP contribution in [0.2, 0.25) is 0 Å². The highest BCUT2D eigenvalue weighted by atomic mass is 16.7. The highest BCUT2D eigenvalue weighted by Crippen LogP contribution is 2.35. The van der Waals surface area contributed by atoms with E-state index in [1.807, 2.05) is 31.2 Å². The Morgan fingerprint density at radius 3 is 2.41 bits per heavy atom. The average molecular weight is 389 g/mol. The summed E-state index contributed by atoms with van der Waals surface area (Å²) < 4.78 is 10.8. The van der Waals surface area contributed by atoms with Crippen molar-refractivity contribution in [1.29, 1.82) is 0 Å². The van der Waals surface area contributed by atoms with Crippen LogP contribution >= 0.6 is 0 Å². The van der Waals surface area contributed by atoms with E-state index in [0.717, 1.165) is 60.8 Å². The van der Waals surface area contributed by atoms with Crippen LogP contribution < -0.4 is 24.6 Å². The molecule has 29 heavy (non-hydrogen) atoms. The molecule has 7 heteroatoms. The van der Waals surface area contributed by atoms with Gasteiger partial charge in [-0.1, -0.05) is 18.2 Å². The van der Waals surface area contributed by atoms with Gasteiger partial charge in [-0.25, -0.2) is 4.98 Å². The van der Waals surface area contributed by atoms with Crippen LogP contribution in [0.15, 0.2) is 54.6 Å². The number of ether oxygens (including phenoxy) is 2. The van der Waals surface area contributed by atoms with Gasteiger partial charge in [-0.3, -0.25) is 0 Å². The number of rotatable bonds is 4. The Balaban J connectivity index is 1.30. The second-order valence-electron chi connectivity index (χ2n) is 7.20. The van der Waals surface area contributed by atoms with Crippen molar-refractivity contribution in [2.45, 2.75) is 6.92 Å². The Labute approximate surface area is 169 Å². The Kier molecular flexibility index (Phi) is 4.56. The topological polar surface area (TPSA) is 62.8 Å². The van der Waals surface area contributed by atoms with Crippen molar-refractivity contribution >= 4 is 23.1 Å². The number of fused-ring (bicyclic) bond motifs is 1. The molecular weight excluding hydrogens is 366 g/mol. The van der Waals surface area contributed by atoms with E-state index in [-0.39, 0.29) is 6.79 Å². The third kappa shape index (κ3) is 3.76. The molecular formula is C22H23N5O2. The molecule has 1 fully saturated rings. The minimum Gasteiger partial charge on any atom is -0.454 e. The second kappa shape index (κ2) is 7.50. The molecule has 0 aliphatic carbocycles. The summed E-state index contributed by atoms with van der Waals surface area (Å²) in [6.07, 6.45) is 0. The lowest BCUT2D eigenvalue weighted by molar-refractivity contribution is 0.174. The van der Waals surface area contributed by atoms with E-state index in [1.54, 1.807) is 0 Å². The average Bonchev–Trinajstić information content (AvgIpc) is 3.22. The number of benzene rings is 2. The van der Waals surface area contributed by atoms with Crippen LogP contribution in [0, 0.1) is 6.92 Å². The monoisotopic (exact) mass is 389 g/mol. The lowest BCUT2D eigenvalue weighted by atomic mass is 10.2. The quantitative estimate of drug-likeness (QED) is 0.732. The van der Waals surface area contributed by atoms with Gasteiger partial charge >= 0.3 is 0 Å². The van der Waals surface area contributed by atoms with E-state index >= 15 is 0 Å². The van der Waals surface area contributed by atoms with E-state index < -0.39 is 0 Å². The Morgan fingerprint density at radius 1 is 0.828 bits per heavy atom. The summed E-state index contributed by atoms with van der Waals surface area (Å²) in [5.74, 6) is 3.06. The number of anilines is 4. The van der Waals surface area contributed by atoms with Gasteiger partial charge in [0, 0.05) is 55.4 Å². The number of nitrogens with zero attached hydrogens (tertiary/aromatic N) is 4. The number of hydrogen-bond donors (Lipinski definition) is 1. The maximum absolute atomic E-state index is 5.46. The third-order valence-corrected chi connectivity index (χ3v) is 5.17. The van der Waals surface area contributed by atoms with Crippen LogP contribution in [0.4, 0.5) is 23.1 Å². The van der Waals surface area contributed by atoms with Crippen LogP contribution in [0.25, 0.3) is 0 Å². The molecule has 7 nitrogen and oxygen atoms in total. The Bertz CT molecular complexity index is 1000. The molecule has 0 amide bonds. The predicted octanol–water partition coefficient (Wildman–Crippen LogP) is 3.58. The highest BCUT2D eigenvalue weighted by molar-refractivity contribution is 5.63. The largest absolute Gasteiger partial charge is 0.454 e. The van der Waals surface area contributed by atoms with Gasteiger partial charge in [-0.15, -0.1) is 0 Å². The molecule has 0 saturated carbocycles. The summed E-state index contributed by atoms with van der Waals surface area (Å²) in [7, 11) is 0. The number of piperazine rings is 1. The van der Waals surface area contributed by atoms with Crippen LogP contribution in [0.3, 0.4) is 0 Å². The van der Waals surface area contributed by atoms with Crippen molar-refractivity contribution in [2.24, 2.45) is 0 Å². The van der Waals surface area contributed by atoms with Crippen molar-refractivity contribution in [3.63, 3.8) is 0 Å². The van der Waals surface area contributed by atoms with Crippen molar-refractivity contribution in [2.75, 3.05) is 48.1 Å². The fourth-order valence-corrected chi connectivity index (χ4v) is 3.68. The van der Waals surface area contributed by atoms with Crippen LogP contribution in [0.5, 0.6) is 11.5 Å². The molecule has 3 aromatic rings. The van der Waals surface area contributed by atoms with Gasteiger partial charge in [0.2, 0.25) is 12.7 Å². The zero-order valence-electron chi connectivity index (χ0n) is 16.3. The fourth-order valence-electron chi connectivity index (χ4n) is 3.68. The summed E-state index contributed by atoms with van der Waals surface area (Å²) in [6, 6.07) is 18.3. The normalized spacial score (nSPS) is 15.5. The first kappa shape index (κ1) is 17.6. The van der Waals surface area contributed by atoms with E-state index in [4.69, 9.17) is 14.5 Å². The zero-order chi connectivity index (χ0) is 19.6. The minimum absolute atomic E-state index is 0.268. The van der Waals surface area contributed by atoms with E-state index in [0.29, 0.717) is 0 Å². The maximum atomic E-state index is 5.46. The minimum atomic E-state index is 0.268. The van der Waals surface area contributed by atoms with Crippen LogP contribution in [-0.4, -0.2) is 42.9 Å². The van der Waals surface area contributed by atoms with Gasteiger partial charge in [-0.2, -0.15) is 4.98 Å². The van der Waals surface area contributed by atoms with E-state index in [1.165, 1.54) is 5.69 Å². The molecule has 5 rings (SSSR count). The second-order valence-corrected chi connectivity index (χ2v) is 7.20. The first-order valence-corrected chi connectivity index (χ1v) is 9.82. The predicted molar refractivity (Wildman–Crippen MR) is 113 cm³/mol. The molecule has 0 bridgehead atoms. The van der Waals surface area contributed by atoms with Crippen LogP contribution in [-0.2, 0) is 0 Å². The maximum Gasteiger partial charge on any atom is 0.231 e. The van der Waals surface area contributed by atoms with Crippen molar-refractivity contribution in [3.05, 3.63) is 60.3 Å². The van der Waals surface area contributed by atoms with E-state index in [9.17, 15) is 0 Å². The molecule has 0 radical (unpaired) electrons. The van der Waals surface area contributed by atoms with Gasteiger partial charge < -0.3 is 24.6 Å². The molecule has 0 atom stereocenters. The summed E-state index contributed by atoms with van der Waals surface area (Å²) in [5.41, 5.74) is 3.11. The Morgan fingerprint density at radius 2 is 1.59 bits per heavy atom. The van der Waals surface area contributed by atoms with Gasteiger partial charge in [0.15, 0.2) is 11.5 Å². The first-order chi connectivity index (χ1) is 14.2.